The first-order valence-electron chi connectivity index (χ1n) is 4.74. The molecule has 0 aromatic carbocycles. The fraction of sp³-hybridized carbons (Fsp3) is 0.500. The first kappa shape index (κ1) is 7.44. The molecule has 1 aromatic rings. The van der Waals surface area contributed by atoms with Crippen molar-refractivity contribution in [2.45, 2.75) is 31.3 Å². The first-order valence-corrected chi connectivity index (χ1v) is 4.74. The van der Waals surface area contributed by atoms with Crippen molar-refractivity contribution in [3.05, 3.63) is 29.3 Å². The highest BCUT2D eigenvalue weighted by Gasteiger charge is 2.34. The Morgan fingerprint density at radius 2 is 2.38 bits per heavy atom. The fourth-order valence-corrected chi connectivity index (χ4v) is 2.43. The van der Waals surface area contributed by atoms with Gasteiger partial charge in [-0.25, -0.2) is 4.39 Å². The maximum absolute atomic E-state index is 13.4. The molecule has 0 spiro atoms. The summed E-state index contributed by atoms with van der Waals surface area (Å²) in [6.07, 6.45) is 4.63. The number of aromatic nitrogens is 1. The first-order chi connectivity index (χ1) is 6.34. The van der Waals surface area contributed by atoms with E-state index >= 15 is 0 Å². The van der Waals surface area contributed by atoms with E-state index < -0.39 is 0 Å². The molecule has 1 fully saturated rings. The summed E-state index contributed by atoms with van der Waals surface area (Å²) in [7, 11) is 0. The average molecular weight is 178 g/mol. The maximum Gasteiger partial charge on any atom is 0.129 e. The Hall–Kier alpha value is -0.960. The minimum atomic E-state index is -0.0802. The second-order valence-electron chi connectivity index (χ2n) is 3.85. The van der Waals surface area contributed by atoms with Crippen LogP contribution in [0.2, 0.25) is 0 Å². The van der Waals surface area contributed by atoms with Crippen LogP contribution in [-0.4, -0.2) is 11.0 Å². The molecule has 3 heterocycles. The van der Waals surface area contributed by atoms with E-state index in [1.165, 1.54) is 6.07 Å². The van der Waals surface area contributed by atoms with Crippen LogP contribution in [0.4, 0.5) is 4.39 Å². The van der Waals surface area contributed by atoms with Gasteiger partial charge in [-0.15, -0.1) is 0 Å². The smallest absolute Gasteiger partial charge is 0.129 e. The van der Waals surface area contributed by atoms with E-state index in [2.05, 4.69) is 10.3 Å². The SMILES string of the molecule is Fc1ccnc2c1C[C@@H]1CC[C@H]2N1. The topological polar surface area (TPSA) is 24.9 Å². The lowest BCUT2D eigenvalue weighted by molar-refractivity contribution is 0.480. The molecule has 2 nitrogen and oxygen atoms in total. The van der Waals surface area contributed by atoms with Crippen LogP contribution in [0, 0.1) is 5.82 Å². The molecule has 2 atom stereocenters. The van der Waals surface area contributed by atoms with Gasteiger partial charge in [-0.05, 0) is 25.3 Å². The molecule has 0 radical (unpaired) electrons. The van der Waals surface area contributed by atoms with Gasteiger partial charge in [-0.2, -0.15) is 0 Å². The maximum atomic E-state index is 13.4. The molecule has 0 amide bonds. The molecule has 1 N–H and O–H groups in total. The van der Waals surface area contributed by atoms with Crippen LogP contribution >= 0.6 is 0 Å². The summed E-state index contributed by atoms with van der Waals surface area (Å²) >= 11 is 0. The molecule has 0 saturated carbocycles. The zero-order valence-corrected chi connectivity index (χ0v) is 7.26. The third-order valence-corrected chi connectivity index (χ3v) is 3.05. The highest BCUT2D eigenvalue weighted by Crippen LogP contribution is 2.35. The molecular formula is C10H11FN2. The van der Waals surface area contributed by atoms with Crippen molar-refractivity contribution in [1.82, 2.24) is 10.3 Å². The van der Waals surface area contributed by atoms with Gasteiger partial charge in [0.1, 0.15) is 5.82 Å². The summed E-state index contributed by atoms with van der Waals surface area (Å²) in [5.74, 6) is -0.0802. The van der Waals surface area contributed by atoms with Crippen LogP contribution in [0.3, 0.4) is 0 Å². The van der Waals surface area contributed by atoms with Crippen molar-refractivity contribution in [1.29, 1.82) is 0 Å². The molecule has 3 heteroatoms. The molecule has 2 aliphatic rings. The predicted molar refractivity (Wildman–Crippen MR) is 46.8 cm³/mol. The molecule has 1 aromatic heterocycles. The van der Waals surface area contributed by atoms with Crippen LogP contribution in [0.25, 0.3) is 0 Å². The summed E-state index contributed by atoms with van der Waals surface area (Å²) in [6, 6.07) is 2.25. The quantitative estimate of drug-likeness (QED) is 0.652. The van der Waals surface area contributed by atoms with E-state index in [0.29, 0.717) is 12.1 Å². The number of pyridine rings is 1. The molecule has 13 heavy (non-hydrogen) atoms. The Kier molecular flexibility index (Phi) is 1.44. The van der Waals surface area contributed by atoms with Crippen molar-refractivity contribution in [3.8, 4) is 0 Å². The van der Waals surface area contributed by atoms with Gasteiger partial charge in [0.05, 0.1) is 11.7 Å². The zero-order chi connectivity index (χ0) is 8.84. The number of fused-ring (bicyclic) bond motifs is 4. The van der Waals surface area contributed by atoms with Crippen molar-refractivity contribution in [2.24, 2.45) is 0 Å². The van der Waals surface area contributed by atoms with Gasteiger partial charge in [0.15, 0.2) is 0 Å². The number of halogens is 1. The molecular weight excluding hydrogens is 167 g/mol. The molecule has 0 aliphatic carbocycles. The summed E-state index contributed by atoms with van der Waals surface area (Å²) < 4.78 is 13.4. The van der Waals surface area contributed by atoms with Gasteiger partial charge < -0.3 is 5.32 Å². The number of rotatable bonds is 0. The summed E-state index contributed by atoms with van der Waals surface area (Å²) in [5.41, 5.74) is 1.78. The van der Waals surface area contributed by atoms with Gasteiger partial charge in [-0.1, -0.05) is 0 Å². The van der Waals surface area contributed by atoms with Gasteiger partial charge in [0.25, 0.3) is 0 Å². The lowest BCUT2D eigenvalue weighted by atomic mass is 10.00. The summed E-state index contributed by atoms with van der Waals surface area (Å²) in [4.78, 5) is 4.26. The van der Waals surface area contributed by atoms with Crippen molar-refractivity contribution >= 4 is 0 Å². The highest BCUT2D eigenvalue weighted by atomic mass is 19.1. The Morgan fingerprint density at radius 3 is 3.31 bits per heavy atom. The Morgan fingerprint density at radius 1 is 1.46 bits per heavy atom. The van der Waals surface area contributed by atoms with Gasteiger partial charge in [0.2, 0.25) is 0 Å². The van der Waals surface area contributed by atoms with E-state index in [0.717, 1.165) is 30.5 Å². The van der Waals surface area contributed by atoms with E-state index in [-0.39, 0.29) is 5.82 Å². The molecule has 2 bridgehead atoms. The number of hydrogen-bond donors (Lipinski definition) is 1. The van der Waals surface area contributed by atoms with E-state index in [9.17, 15) is 4.39 Å². The lowest BCUT2D eigenvalue weighted by Gasteiger charge is -2.23. The van der Waals surface area contributed by atoms with Gasteiger partial charge in [-0.3, -0.25) is 4.98 Å². The Bertz CT molecular complexity index is 351. The van der Waals surface area contributed by atoms with Crippen molar-refractivity contribution < 1.29 is 4.39 Å². The molecule has 0 unspecified atom stereocenters. The van der Waals surface area contributed by atoms with Gasteiger partial charge in [0, 0.05) is 17.8 Å². The minimum Gasteiger partial charge on any atom is -0.305 e. The largest absolute Gasteiger partial charge is 0.305 e. The summed E-state index contributed by atoms with van der Waals surface area (Å²) in [5, 5.41) is 3.44. The summed E-state index contributed by atoms with van der Waals surface area (Å²) in [6.45, 7) is 0. The van der Waals surface area contributed by atoms with Gasteiger partial charge >= 0.3 is 0 Å². The van der Waals surface area contributed by atoms with Crippen LogP contribution in [0.5, 0.6) is 0 Å². The zero-order valence-electron chi connectivity index (χ0n) is 7.26. The molecule has 68 valence electrons. The third-order valence-electron chi connectivity index (χ3n) is 3.05. The van der Waals surface area contributed by atoms with Crippen LogP contribution in [-0.2, 0) is 6.42 Å². The number of hydrogen-bond acceptors (Lipinski definition) is 2. The third kappa shape index (κ3) is 1.000. The average Bonchev–Trinajstić information content (AvgIpc) is 2.51. The second-order valence-corrected chi connectivity index (χ2v) is 3.85. The number of nitrogens with zero attached hydrogens (tertiary/aromatic N) is 1. The van der Waals surface area contributed by atoms with Crippen molar-refractivity contribution in [2.75, 3.05) is 0 Å². The van der Waals surface area contributed by atoms with Crippen LogP contribution in [0.15, 0.2) is 12.3 Å². The standard InChI is InChI=1S/C10H11FN2/c11-8-3-4-12-10-7(8)5-6-1-2-9(10)13-6/h3-4,6,9,13H,1-2,5H2/t6-,9+/m0/s1. The molecule has 1 saturated heterocycles. The normalized spacial score (nSPS) is 30.2. The Balaban J connectivity index is 2.16. The minimum absolute atomic E-state index is 0.0802. The molecule has 3 rings (SSSR count). The number of nitrogens with one attached hydrogen (secondary N) is 1. The highest BCUT2D eigenvalue weighted by molar-refractivity contribution is 5.30. The predicted octanol–water partition coefficient (Wildman–Crippen LogP) is 1.57. The second kappa shape index (κ2) is 2.51. The van der Waals surface area contributed by atoms with Crippen LogP contribution in [0.1, 0.15) is 30.1 Å². The van der Waals surface area contributed by atoms with Crippen molar-refractivity contribution in [3.63, 3.8) is 0 Å². The lowest BCUT2D eigenvalue weighted by Crippen LogP contribution is -2.33. The monoisotopic (exact) mass is 178 g/mol. The Labute approximate surface area is 76.2 Å². The van der Waals surface area contributed by atoms with E-state index in [1.54, 1.807) is 6.20 Å². The molecule has 2 aliphatic heterocycles. The van der Waals surface area contributed by atoms with Crippen LogP contribution < -0.4 is 5.32 Å². The fourth-order valence-electron chi connectivity index (χ4n) is 2.43. The van der Waals surface area contributed by atoms with E-state index in [4.69, 9.17) is 0 Å². The van der Waals surface area contributed by atoms with E-state index in [1.807, 2.05) is 0 Å².